The molecule has 2 N–H and O–H groups in total. The lowest BCUT2D eigenvalue weighted by Crippen LogP contribution is -2.30. The van der Waals surface area contributed by atoms with Crippen molar-refractivity contribution in [2.24, 2.45) is 0 Å². The molecule has 2 aromatic carbocycles. The van der Waals surface area contributed by atoms with Crippen LogP contribution >= 0.6 is 0 Å². The largest absolute Gasteiger partial charge is 0.484 e. The van der Waals surface area contributed by atoms with Crippen molar-refractivity contribution in [1.29, 1.82) is 0 Å². The van der Waals surface area contributed by atoms with Crippen LogP contribution in [0.5, 0.6) is 5.75 Å². The highest BCUT2D eigenvalue weighted by atomic mass is 19.2. The van der Waals surface area contributed by atoms with Gasteiger partial charge in [0.15, 0.2) is 24.1 Å². The van der Waals surface area contributed by atoms with Gasteiger partial charge in [-0.15, -0.1) is 0 Å². The Labute approximate surface area is 140 Å². The number of carbonyl (C=O) groups excluding carboxylic acids is 1. The van der Waals surface area contributed by atoms with E-state index in [1.54, 1.807) is 0 Å². The predicted octanol–water partition coefficient (Wildman–Crippen LogP) is 2.72. The number of nitrogens with zero attached hydrogens (tertiary/aromatic N) is 1. The van der Waals surface area contributed by atoms with Crippen LogP contribution in [0.15, 0.2) is 36.4 Å². The lowest BCUT2D eigenvalue weighted by atomic mass is 10.3. The number of halogens is 3. The third-order valence-electron chi connectivity index (χ3n) is 3.45. The minimum absolute atomic E-state index is 0.260. The number of H-pyrrole nitrogens is 1. The Kier molecular flexibility index (Phi) is 4.87. The van der Waals surface area contributed by atoms with Gasteiger partial charge in [-0.25, -0.2) is 18.2 Å². The number of benzene rings is 2. The first-order chi connectivity index (χ1) is 12.0. The van der Waals surface area contributed by atoms with Gasteiger partial charge in [-0.3, -0.25) is 4.79 Å². The Morgan fingerprint density at radius 2 is 1.88 bits per heavy atom. The molecule has 0 unspecified atom stereocenters. The fourth-order valence-corrected chi connectivity index (χ4v) is 2.26. The van der Waals surface area contributed by atoms with E-state index in [-0.39, 0.29) is 5.75 Å². The maximum absolute atomic E-state index is 13.0. The molecule has 5 nitrogen and oxygen atoms in total. The van der Waals surface area contributed by atoms with Crippen molar-refractivity contribution >= 4 is 16.9 Å². The number of hydrogen-bond acceptors (Lipinski definition) is 3. The molecule has 0 saturated heterocycles. The van der Waals surface area contributed by atoms with Crippen LogP contribution in [0, 0.1) is 17.5 Å². The van der Waals surface area contributed by atoms with Crippen LogP contribution in [0.4, 0.5) is 13.2 Å². The van der Waals surface area contributed by atoms with Crippen LogP contribution in [0.3, 0.4) is 0 Å². The molecule has 0 bridgehead atoms. The first kappa shape index (κ1) is 16.8. The summed E-state index contributed by atoms with van der Waals surface area (Å²) in [7, 11) is 0. The van der Waals surface area contributed by atoms with E-state index >= 15 is 0 Å². The molecule has 0 saturated carbocycles. The van der Waals surface area contributed by atoms with Crippen LogP contribution in [0.25, 0.3) is 11.0 Å². The predicted molar refractivity (Wildman–Crippen MR) is 84.6 cm³/mol. The second-order valence-corrected chi connectivity index (χ2v) is 5.29. The summed E-state index contributed by atoms with van der Waals surface area (Å²) in [5.74, 6) is -4.33. The molecule has 0 spiro atoms. The molecule has 1 heterocycles. The van der Waals surface area contributed by atoms with Gasteiger partial charge in [-0.1, -0.05) is 12.1 Å². The summed E-state index contributed by atoms with van der Waals surface area (Å²) in [5.41, 5.74) is 1.75. The molecule has 8 heteroatoms. The number of rotatable bonds is 6. The Bertz CT molecular complexity index is 855. The minimum atomic E-state index is -1.58. The van der Waals surface area contributed by atoms with Crippen LogP contribution in [0.2, 0.25) is 0 Å². The van der Waals surface area contributed by atoms with Gasteiger partial charge in [0.2, 0.25) is 0 Å². The van der Waals surface area contributed by atoms with Gasteiger partial charge >= 0.3 is 0 Å². The molecule has 0 radical (unpaired) electrons. The summed E-state index contributed by atoms with van der Waals surface area (Å²) in [6.45, 7) is -0.126. The third-order valence-corrected chi connectivity index (χ3v) is 3.45. The Morgan fingerprint density at radius 1 is 1.16 bits per heavy atom. The Balaban J connectivity index is 1.46. The van der Waals surface area contributed by atoms with Crippen LogP contribution < -0.4 is 10.1 Å². The maximum Gasteiger partial charge on any atom is 0.257 e. The van der Waals surface area contributed by atoms with Gasteiger partial charge in [0, 0.05) is 25.1 Å². The molecule has 3 aromatic rings. The van der Waals surface area contributed by atoms with E-state index in [9.17, 15) is 18.0 Å². The zero-order chi connectivity index (χ0) is 17.8. The molecule has 130 valence electrons. The third kappa shape index (κ3) is 4.09. The van der Waals surface area contributed by atoms with E-state index in [4.69, 9.17) is 4.74 Å². The molecule has 0 aliphatic carbocycles. The van der Waals surface area contributed by atoms with Gasteiger partial charge in [0.05, 0.1) is 11.0 Å². The fourth-order valence-electron chi connectivity index (χ4n) is 2.26. The number of aromatic amines is 1. The zero-order valence-electron chi connectivity index (χ0n) is 13.0. The van der Waals surface area contributed by atoms with Gasteiger partial charge in [-0.2, -0.15) is 0 Å². The number of fused-ring (bicyclic) bond motifs is 1. The van der Waals surface area contributed by atoms with Crippen molar-refractivity contribution in [3.63, 3.8) is 0 Å². The molecular weight excluding hydrogens is 335 g/mol. The molecule has 0 aliphatic heterocycles. The normalized spacial score (nSPS) is 10.8. The van der Waals surface area contributed by atoms with Crippen LogP contribution in [0.1, 0.15) is 5.82 Å². The van der Waals surface area contributed by atoms with Crippen molar-refractivity contribution in [2.45, 2.75) is 6.42 Å². The average molecular weight is 349 g/mol. The highest BCUT2D eigenvalue weighted by Crippen LogP contribution is 2.19. The number of amides is 1. The van der Waals surface area contributed by atoms with E-state index in [0.717, 1.165) is 16.9 Å². The average Bonchev–Trinajstić information content (AvgIpc) is 3.00. The first-order valence-electron chi connectivity index (χ1n) is 7.50. The van der Waals surface area contributed by atoms with Crippen molar-refractivity contribution in [2.75, 3.05) is 13.2 Å². The van der Waals surface area contributed by atoms with Crippen molar-refractivity contribution in [3.8, 4) is 5.75 Å². The molecule has 0 atom stereocenters. The summed E-state index contributed by atoms with van der Waals surface area (Å²) in [6, 6.07) is 8.92. The van der Waals surface area contributed by atoms with E-state index in [1.165, 1.54) is 0 Å². The number of imidazole rings is 1. The van der Waals surface area contributed by atoms with E-state index in [1.807, 2.05) is 24.3 Å². The molecule has 0 aliphatic rings. The quantitative estimate of drug-likeness (QED) is 0.673. The minimum Gasteiger partial charge on any atom is -0.484 e. The van der Waals surface area contributed by atoms with Crippen LogP contribution in [-0.4, -0.2) is 29.0 Å². The molecule has 3 rings (SSSR count). The highest BCUT2D eigenvalue weighted by molar-refractivity contribution is 5.77. The monoisotopic (exact) mass is 349 g/mol. The summed E-state index contributed by atoms with van der Waals surface area (Å²) < 4.78 is 43.8. The Hall–Kier alpha value is -3.03. The van der Waals surface area contributed by atoms with Gasteiger partial charge in [0.25, 0.3) is 5.91 Å². The smallest absolute Gasteiger partial charge is 0.257 e. The number of nitrogens with one attached hydrogen (secondary N) is 2. The maximum atomic E-state index is 13.0. The number of hydrogen-bond donors (Lipinski definition) is 2. The standard InChI is InChI=1S/C17H14F3N3O2/c18-11-7-10(8-12(19)17(11)20)25-9-16(24)21-6-5-15-22-13-3-1-2-4-14(13)23-15/h1-4,7-8H,5-6,9H2,(H,21,24)(H,22,23). The topological polar surface area (TPSA) is 67.0 Å². The summed E-state index contributed by atoms with van der Waals surface area (Å²) in [4.78, 5) is 19.2. The van der Waals surface area contributed by atoms with Gasteiger partial charge in [-0.05, 0) is 12.1 Å². The SMILES string of the molecule is O=C(COc1cc(F)c(F)c(F)c1)NCCc1nc2ccccc2[nH]1. The van der Waals surface area contributed by atoms with E-state index in [0.29, 0.717) is 25.1 Å². The molecule has 1 amide bonds. The molecule has 1 aromatic heterocycles. The number of aromatic nitrogens is 2. The van der Waals surface area contributed by atoms with Crippen LogP contribution in [-0.2, 0) is 11.2 Å². The lowest BCUT2D eigenvalue weighted by molar-refractivity contribution is -0.123. The molecule has 0 fully saturated rings. The Morgan fingerprint density at radius 3 is 2.60 bits per heavy atom. The second-order valence-electron chi connectivity index (χ2n) is 5.29. The van der Waals surface area contributed by atoms with E-state index < -0.39 is 30.0 Å². The molecular formula is C17H14F3N3O2. The van der Waals surface area contributed by atoms with Crippen molar-refractivity contribution < 1.29 is 22.7 Å². The van der Waals surface area contributed by atoms with E-state index in [2.05, 4.69) is 15.3 Å². The number of carbonyl (C=O) groups is 1. The second kappa shape index (κ2) is 7.25. The fraction of sp³-hybridized carbons (Fsp3) is 0.176. The summed E-state index contributed by atoms with van der Waals surface area (Å²) in [6.07, 6.45) is 0.486. The first-order valence-corrected chi connectivity index (χ1v) is 7.50. The summed E-state index contributed by atoms with van der Waals surface area (Å²) >= 11 is 0. The number of ether oxygens (including phenoxy) is 1. The zero-order valence-corrected chi connectivity index (χ0v) is 13.0. The number of para-hydroxylation sites is 2. The summed E-state index contributed by atoms with van der Waals surface area (Å²) in [5, 5.41) is 2.60. The van der Waals surface area contributed by atoms with Gasteiger partial charge < -0.3 is 15.0 Å². The molecule has 25 heavy (non-hydrogen) atoms. The van der Waals surface area contributed by atoms with Crippen molar-refractivity contribution in [3.05, 3.63) is 59.7 Å². The van der Waals surface area contributed by atoms with Gasteiger partial charge in [0.1, 0.15) is 11.6 Å². The lowest BCUT2D eigenvalue weighted by Gasteiger charge is -2.07. The highest BCUT2D eigenvalue weighted by Gasteiger charge is 2.12. The van der Waals surface area contributed by atoms with Crippen molar-refractivity contribution in [1.82, 2.24) is 15.3 Å².